The molecule has 0 radical (unpaired) electrons. The molecule has 1 aromatic rings. The number of carbonyl (C=O) groups excluding carboxylic acids is 1. The molecule has 0 aromatic heterocycles. The average molecular weight is 287 g/mol. The molecule has 2 heterocycles. The Balaban J connectivity index is 1.46. The molecule has 4 rings (SSSR count). The van der Waals surface area contributed by atoms with Gasteiger partial charge in [-0.05, 0) is 56.3 Å². The standard InChI is InChI=1S/C17H21NO3/c19-16-3-1-7-17(16)8-2-9-18(17)10-6-13-4-5-14-15(11-13)21-12-20-14/h4-5,11H,1-3,6-10,12H2. The van der Waals surface area contributed by atoms with E-state index in [1.165, 1.54) is 5.56 Å². The molecule has 1 aromatic carbocycles. The zero-order valence-electron chi connectivity index (χ0n) is 12.3. The van der Waals surface area contributed by atoms with Crippen LogP contribution in [0.25, 0.3) is 0 Å². The van der Waals surface area contributed by atoms with Crippen LogP contribution in [0, 0.1) is 0 Å². The Bertz CT molecular complexity index is 567. The summed E-state index contributed by atoms with van der Waals surface area (Å²) in [6, 6.07) is 6.16. The summed E-state index contributed by atoms with van der Waals surface area (Å²) < 4.78 is 10.8. The molecule has 1 saturated heterocycles. The van der Waals surface area contributed by atoms with Crippen molar-refractivity contribution < 1.29 is 14.3 Å². The molecule has 2 aliphatic heterocycles. The lowest BCUT2D eigenvalue weighted by molar-refractivity contribution is -0.126. The van der Waals surface area contributed by atoms with Crippen molar-refractivity contribution in [2.45, 2.75) is 44.1 Å². The summed E-state index contributed by atoms with van der Waals surface area (Å²) in [5.74, 6) is 2.16. The molecule has 1 atom stereocenters. The van der Waals surface area contributed by atoms with Crippen LogP contribution in [-0.2, 0) is 11.2 Å². The van der Waals surface area contributed by atoms with Gasteiger partial charge in [0.15, 0.2) is 17.3 Å². The van der Waals surface area contributed by atoms with Gasteiger partial charge >= 0.3 is 0 Å². The first-order valence-electron chi connectivity index (χ1n) is 7.95. The Morgan fingerprint density at radius 1 is 1.14 bits per heavy atom. The number of ketones is 1. The van der Waals surface area contributed by atoms with Gasteiger partial charge < -0.3 is 9.47 Å². The smallest absolute Gasteiger partial charge is 0.231 e. The normalized spacial score (nSPS) is 27.9. The number of Topliss-reactive ketones (excluding diaryl/α,β-unsaturated/α-hetero) is 1. The van der Waals surface area contributed by atoms with Gasteiger partial charge in [0.2, 0.25) is 6.79 Å². The Morgan fingerprint density at radius 2 is 2.00 bits per heavy atom. The molecule has 1 unspecified atom stereocenters. The van der Waals surface area contributed by atoms with Gasteiger partial charge in [0, 0.05) is 13.0 Å². The van der Waals surface area contributed by atoms with Gasteiger partial charge in [0.1, 0.15) is 0 Å². The second kappa shape index (κ2) is 5.02. The van der Waals surface area contributed by atoms with Crippen molar-refractivity contribution in [2.24, 2.45) is 0 Å². The SMILES string of the molecule is O=C1CCCC12CCCN2CCc1ccc2c(c1)OCO2. The van der Waals surface area contributed by atoms with Gasteiger partial charge in [-0.3, -0.25) is 9.69 Å². The van der Waals surface area contributed by atoms with Crippen LogP contribution >= 0.6 is 0 Å². The van der Waals surface area contributed by atoms with E-state index in [-0.39, 0.29) is 5.54 Å². The van der Waals surface area contributed by atoms with Crippen molar-refractivity contribution >= 4 is 5.78 Å². The molecule has 1 aliphatic carbocycles. The summed E-state index contributed by atoms with van der Waals surface area (Å²) in [6.45, 7) is 2.35. The first-order valence-corrected chi connectivity index (χ1v) is 7.95. The average Bonchev–Trinajstić information content (AvgIpc) is 3.19. The monoisotopic (exact) mass is 287 g/mol. The highest BCUT2D eigenvalue weighted by Crippen LogP contribution is 2.40. The third-order valence-electron chi connectivity index (χ3n) is 5.24. The van der Waals surface area contributed by atoms with Crippen molar-refractivity contribution in [3.8, 4) is 11.5 Å². The number of carbonyl (C=O) groups is 1. The summed E-state index contributed by atoms with van der Waals surface area (Å²) in [5, 5.41) is 0. The molecule has 0 bridgehead atoms. The molecule has 21 heavy (non-hydrogen) atoms. The number of hydrogen-bond acceptors (Lipinski definition) is 4. The molecule has 3 aliphatic rings. The van der Waals surface area contributed by atoms with Gasteiger partial charge in [0.05, 0.1) is 5.54 Å². The molecule has 4 heteroatoms. The Morgan fingerprint density at radius 3 is 2.86 bits per heavy atom. The van der Waals surface area contributed by atoms with E-state index in [9.17, 15) is 4.79 Å². The lowest BCUT2D eigenvalue weighted by Crippen LogP contribution is -2.47. The predicted molar refractivity (Wildman–Crippen MR) is 78.7 cm³/mol. The van der Waals surface area contributed by atoms with Crippen LogP contribution in [-0.4, -0.2) is 36.1 Å². The summed E-state index contributed by atoms with van der Waals surface area (Å²) in [7, 11) is 0. The molecule has 2 fully saturated rings. The highest BCUT2D eigenvalue weighted by atomic mass is 16.7. The zero-order valence-corrected chi connectivity index (χ0v) is 12.3. The van der Waals surface area contributed by atoms with Crippen LogP contribution in [0.1, 0.15) is 37.7 Å². The first kappa shape index (κ1) is 13.1. The van der Waals surface area contributed by atoms with Crippen LogP contribution in [0.2, 0.25) is 0 Å². The van der Waals surface area contributed by atoms with Crippen LogP contribution in [0.3, 0.4) is 0 Å². The topological polar surface area (TPSA) is 38.8 Å². The molecule has 112 valence electrons. The highest BCUT2D eigenvalue weighted by Gasteiger charge is 2.48. The van der Waals surface area contributed by atoms with E-state index in [4.69, 9.17) is 9.47 Å². The van der Waals surface area contributed by atoms with Crippen LogP contribution in [0.5, 0.6) is 11.5 Å². The number of benzene rings is 1. The number of likely N-dealkylation sites (tertiary alicyclic amines) is 1. The third-order valence-corrected chi connectivity index (χ3v) is 5.24. The maximum atomic E-state index is 12.3. The largest absolute Gasteiger partial charge is 0.454 e. The van der Waals surface area contributed by atoms with Crippen molar-refractivity contribution in [2.75, 3.05) is 19.9 Å². The molecule has 4 nitrogen and oxygen atoms in total. The summed E-state index contributed by atoms with van der Waals surface area (Å²) >= 11 is 0. The second-order valence-corrected chi connectivity index (χ2v) is 6.34. The maximum Gasteiger partial charge on any atom is 0.231 e. The molecular weight excluding hydrogens is 266 g/mol. The molecule has 1 spiro atoms. The van der Waals surface area contributed by atoms with Crippen LogP contribution < -0.4 is 9.47 Å². The fraction of sp³-hybridized carbons (Fsp3) is 0.588. The van der Waals surface area contributed by atoms with E-state index in [0.29, 0.717) is 12.6 Å². The molecule has 1 saturated carbocycles. The quantitative estimate of drug-likeness (QED) is 0.856. The van der Waals surface area contributed by atoms with E-state index in [1.54, 1.807) is 0 Å². The number of ether oxygens (including phenoxy) is 2. The van der Waals surface area contributed by atoms with Gasteiger partial charge in [0.25, 0.3) is 0 Å². The van der Waals surface area contributed by atoms with E-state index in [1.807, 2.05) is 6.07 Å². The first-order chi connectivity index (χ1) is 10.3. The van der Waals surface area contributed by atoms with E-state index >= 15 is 0 Å². The van der Waals surface area contributed by atoms with E-state index in [0.717, 1.165) is 63.1 Å². The van der Waals surface area contributed by atoms with Gasteiger partial charge in [-0.1, -0.05) is 6.07 Å². The molecule has 0 amide bonds. The predicted octanol–water partition coefficient (Wildman–Crippen LogP) is 2.55. The summed E-state index contributed by atoms with van der Waals surface area (Å²) in [4.78, 5) is 14.7. The minimum atomic E-state index is -0.115. The van der Waals surface area contributed by atoms with Gasteiger partial charge in [-0.2, -0.15) is 0 Å². The number of nitrogens with zero attached hydrogens (tertiary/aromatic N) is 1. The fourth-order valence-electron chi connectivity index (χ4n) is 4.13. The third kappa shape index (κ3) is 2.13. The van der Waals surface area contributed by atoms with Gasteiger partial charge in [-0.25, -0.2) is 0 Å². The van der Waals surface area contributed by atoms with Crippen LogP contribution in [0.4, 0.5) is 0 Å². The summed E-state index contributed by atoms with van der Waals surface area (Å²) in [5.41, 5.74) is 1.14. The number of rotatable bonds is 3. The number of hydrogen-bond donors (Lipinski definition) is 0. The van der Waals surface area contributed by atoms with E-state index < -0.39 is 0 Å². The maximum absolute atomic E-state index is 12.3. The van der Waals surface area contributed by atoms with Crippen LogP contribution in [0.15, 0.2) is 18.2 Å². The van der Waals surface area contributed by atoms with Crippen molar-refractivity contribution in [1.82, 2.24) is 4.90 Å². The minimum absolute atomic E-state index is 0.115. The fourth-order valence-corrected chi connectivity index (χ4v) is 4.13. The van der Waals surface area contributed by atoms with Crippen molar-refractivity contribution in [3.05, 3.63) is 23.8 Å². The lowest BCUT2D eigenvalue weighted by atomic mass is 9.93. The zero-order chi connectivity index (χ0) is 14.3. The Hall–Kier alpha value is -1.55. The van der Waals surface area contributed by atoms with Gasteiger partial charge in [-0.15, -0.1) is 0 Å². The molecular formula is C17H21NO3. The Labute approximate surface area is 125 Å². The van der Waals surface area contributed by atoms with E-state index in [2.05, 4.69) is 17.0 Å². The Kier molecular flexibility index (Phi) is 3.14. The second-order valence-electron chi connectivity index (χ2n) is 6.34. The lowest BCUT2D eigenvalue weighted by Gasteiger charge is -2.33. The van der Waals surface area contributed by atoms with Crippen molar-refractivity contribution in [1.29, 1.82) is 0 Å². The summed E-state index contributed by atoms with van der Waals surface area (Å²) in [6.07, 6.45) is 6.10. The minimum Gasteiger partial charge on any atom is -0.454 e. The molecule has 0 N–H and O–H groups in total. The highest BCUT2D eigenvalue weighted by molar-refractivity contribution is 5.90. The number of fused-ring (bicyclic) bond motifs is 1. The van der Waals surface area contributed by atoms with Crippen molar-refractivity contribution in [3.63, 3.8) is 0 Å².